The second-order valence-corrected chi connectivity index (χ2v) is 8.46. The molecule has 9 nitrogen and oxygen atoms in total. The van der Waals surface area contributed by atoms with Crippen LogP contribution in [0.1, 0.15) is 25.7 Å². The van der Waals surface area contributed by atoms with Gasteiger partial charge in [-0.1, -0.05) is 12.1 Å². The first-order valence-electron chi connectivity index (χ1n) is 8.70. The van der Waals surface area contributed by atoms with E-state index in [0.717, 1.165) is 12.1 Å². The second kappa shape index (κ2) is 9.05. The molecule has 1 amide bonds. The van der Waals surface area contributed by atoms with Crippen LogP contribution in [0.4, 0.5) is 18.9 Å². The number of rotatable bonds is 7. The van der Waals surface area contributed by atoms with Gasteiger partial charge in [-0.2, -0.15) is 13.2 Å². The SMILES string of the molecule is O=C(NC1CCC(C(O)CNS(=O)(=O)c2ccccc2[N+](=O)[O-])CC1)C(F)(F)F. The number of alkyl halides is 3. The summed E-state index contributed by atoms with van der Waals surface area (Å²) in [5.41, 5.74) is -0.601. The van der Waals surface area contributed by atoms with E-state index in [-0.39, 0.29) is 31.6 Å². The number of aliphatic hydroxyl groups is 1. The summed E-state index contributed by atoms with van der Waals surface area (Å²) in [5, 5.41) is 23.1. The monoisotopic (exact) mass is 439 g/mol. The maximum Gasteiger partial charge on any atom is 0.471 e. The van der Waals surface area contributed by atoms with Gasteiger partial charge in [0, 0.05) is 18.7 Å². The van der Waals surface area contributed by atoms with Crippen molar-refractivity contribution in [3.63, 3.8) is 0 Å². The van der Waals surface area contributed by atoms with Crippen LogP contribution in [0.25, 0.3) is 0 Å². The average Bonchev–Trinajstić information content (AvgIpc) is 2.66. The van der Waals surface area contributed by atoms with Gasteiger partial charge in [0.25, 0.3) is 5.69 Å². The summed E-state index contributed by atoms with van der Waals surface area (Å²) in [7, 11) is -4.25. The number of carbonyl (C=O) groups is 1. The normalized spacial score (nSPS) is 21.4. The first kappa shape index (κ1) is 23.0. The summed E-state index contributed by atoms with van der Waals surface area (Å²) in [6.07, 6.45) is -5.10. The highest BCUT2D eigenvalue weighted by Gasteiger charge is 2.40. The number of hydrogen-bond acceptors (Lipinski definition) is 6. The van der Waals surface area contributed by atoms with Gasteiger partial charge in [0.2, 0.25) is 10.0 Å². The zero-order valence-electron chi connectivity index (χ0n) is 15.1. The maximum atomic E-state index is 12.3. The second-order valence-electron chi connectivity index (χ2n) is 6.73. The van der Waals surface area contributed by atoms with Crippen LogP contribution in [0.5, 0.6) is 0 Å². The smallest absolute Gasteiger partial charge is 0.391 e. The number of aliphatic hydroxyl groups excluding tert-OH is 1. The van der Waals surface area contributed by atoms with Crippen LogP contribution < -0.4 is 10.0 Å². The fourth-order valence-corrected chi connectivity index (χ4v) is 4.41. The van der Waals surface area contributed by atoms with Gasteiger partial charge in [-0.25, -0.2) is 13.1 Å². The molecule has 2 rings (SSSR count). The van der Waals surface area contributed by atoms with Crippen molar-refractivity contribution in [3.8, 4) is 0 Å². The minimum atomic E-state index is -4.96. The summed E-state index contributed by atoms with van der Waals surface area (Å²) in [6, 6.07) is 4.09. The van der Waals surface area contributed by atoms with Crippen LogP contribution in [-0.2, 0) is 14.8 Å². The minimum absolute atomic E-state index is 0.209. The van der Waals surface area contributed by atoms with E-state index >= 15 is 0 Å². The van der Waals surface area contributed by atoms with Crippen molar-refractivity contribution >= 4 is 21.6 Å². The number of nitro benzene ring substituents is 1. The molecule has 1 aliphatic carbocycles. The van der Waals surface area contributed by atoms with E-state index in [1.807, 2.05) is 5.32 Å². The lowest BCUT2D eigenvalue weighted by atomic mass is 9.82. The number of para-hydroxylation sites is 1. The first-order chi connectivity index (χ1) is 13.4. The van der Waals surface area contributed by atoms with Crippen LogP contribution in [0.3, 0.4) is 0 Å². The molecule has 1 atom stereocenters. The highest BCUT2D eigenvalue weighted by atomic mass is 32.2. The molecule has 0 aromatic heterocycles. The number of halogens is 3. The molecule has 1 fully saturated rings. The van der Waals surface area contributed by atoms with Crippen LogP contribution in [0, 0.1) is 16.0 Å². The van der Waals surface area contributed by atoms with E-state index < -0.39 is 56.3 Å². The topological polar surface area (TPSA) is 139 Å². The molecule has 0 heterocycles. The Bertz CT molecular complexity index is 854. The third-order valence-electron chi connectivity index (χ3n) is 4.74. The molecule has 13 heteroatoms. The van der Waals surface area contributed by atoms with Gasteiger partial charge in [0.1, 0.15) is 0 Å². The summed E-state index contributed by atoms with van der Waals surface area (Å²) < 4.78 is 63.6. The van der Waals surface area contributed by atoms with Crippen LogP contribution in [0.2, 0.25) is 0 Å². The number of sulfonamides is 1. The van der Waals surface area contributed by atoms with Crippen molar-refractivity contribution < 1.29 is 36.4 Å². The predicted molar refractivity (Wildman–Crippen MR) is 94.2 cm³/mol. The van der Waals surface area contributed by atoms with E-state index in [1.165, 1.54) is 12.1 Å². The number of amides is 1. The molecule has 0 radical (unpaired) electrons. The molecule has 29 heavy (non-hydrogen) atoms. The van der Waals surface area contributed by atoms with Gasteiger partial charge in [0.05, 0.1) is 11.0 Å². The Hall–Kier alpha value is -2.25. The van der Waals surface area contributed by atoms with Crippen LogP contribution in [0.15, 0.2) is 29.2 Å². The van der Waals surface area contributed by atoms with Gasteiger partial charge in [0.15, 0.2) is 4.90 Å². The van der Waals surface area contributed by atoms with Gasteiger partial charge < -0.3 is 10.4 Å². The first-order valence-corrected chi connectivity index (χ1v) is 10.2. The number of nitro groups is 1. The van der Waals surface area contributed by atoms with Gasteiger partial charge in [-0.3, -0.25) is 14.9 Å². The van der Waals surface area contributed by atoms with E-state index in [1.54, 1.807) is 0 Å². The minimum Gasteiger partial charge on any atom is -0.391 e. The summed E-state index contributed by atoms with van der Waals surface area (Å²) in [4.78, 5) is 20.6. The molecule has 0 bridgehead atoms. The van der Waals surface area contributed by atoms with Gasteiger partial charge in [-0.05, 0) is 37.7 Å². The maximum absolute atomic E-state index is 12.3. The molecule has 1 saturated carbocycles. The Morgan fingerprint density at radius 3 is 2.38 bits per heavy atom. The molecule has 3 N–H and O–H groups in total. The van der Waals surface area contributed by atoms with Crippen molar-refractivity contribution in [1.82, 2.24) is 10.0 Å². The number of nitrogens with one attached hydrogen (secondary N) is 2. The van der Waals surface area contributed by atoms with Crippen molar-refractivity contribution in [3.05, 3.63) is 34.4 Å². The van der Waals surface area contributed by atoms with E-state index in [9.17, 15) is 41.6 Å². The zero-order valence-corrected chi connectivity index (χ0v) is 15.9. The standard InChI is InChI=1S/C16H20F3N3O6S/c17-16(18,19)15(24)21-11-7-5-10(6-8-11)13(23)9-20-29(27,28)14-4-2-1-3-12(14)22(25)26/h1-4,10-11,13,20,23H,5-9H2,(H,21,24). The average molecular weight is 439 g/mol. The van der Waals surface area contributed by atoms with E-state index in [4.69, 9.17) is 0 Å². The molecule has 0 spiro atoms. The zero-order chi connectivity index (χ0) is 21.8. The summed E-state index contributed by atoms with van der Waals surface area (Å²) in [6.45, 7) is -0.404. The lowest BCUT2D eigenvalue weighted by molar-refractivity contribution is -0.387. The van der Waals surface area contributed by atoms with E-state index in [2.05, 4.69) is 4.72 Å². The highest BCUT2D eigenvalue weighted by molar-refractivity contribution is 7.89. The van der Waals surface area contributed by atoms with Gasteiger partial charge >= 0.3 is 12.1 Å². The number of nitrogens with zero attached hydrogens (tertiary/aromatic N) is 1. The largest absolute Gasteiger partial charge is 0.471 e. The number of benzene rings is 1. The van der Waals surface area contributed by atoms with Crippen molar-refractivity contribution in [2.75, 3.05) is 6.54 Å². The predicted octanol–water partition coefficient (Wildman–Crippen LogP) is 1.47. The molecule has 162 valence electrons. The van der Waals surface area contributed by atoms with Crippen molar-refractivity contribution in [2.45, 2.75) is 48.9 Å². The lowest BCUT2D eigenvalue weighted by Gasteiger charge is -2.32. The molecule has 1 unspecified atom stereocenters. The third kappa shape index (κ3) is 6.11. The lowest BCUT2D eigenvalue weighted by Crippen LogP contribution is -2.46. The van der Waals surface area contributed by atoms with E-state index in [0.29, 0.717) is 0 Å². The molecule has 0 aliphatic heterocycles. The Kier molecular flexibility index (Phi) is 7.19. The molecule has 1 aromatic rings. The van der Waals surface area contributed by atoms with Crippen molar-refractivity contribution in [1.29, 1.82) is 0 Å². The molecule has 0 saturated heterocycles. The third-order valence-corrected chi connectivity index (χ3v) is 6.21. The summed E-state index contributed by atoms with van der Waals surface area (Å²) in [5.74, 6) is -2.40. The Balaban J connectivity index is 1.90. The number of carbonyl (C=O) groups excluding carboxylic acids is 1. The molecular formula is C16H20F3N3O6S. The fraction of sp³-hybridized carbons (Fsp3) is 0.562. The van der Waals surface area contributed by atoms with Crippen molar-refractivity contribution in [2.24, 2.45) is 5.92 Å². The summed E-state index contributed by atoms with van der Waals surface area (Å²) >= 11 is 0. The van der Waals surface area contributed by atoms with Crippen LogP contribution in [-0.4, -0.2) is 49.2 Å². The Morgan fingerprint density at radius 2 is 1.83 bits per heavy atom. The molecule has 1 aromatic carbocycles. The number of hydrogen-bond donors (Lipinski definition) is 3. The Morgan fingerprint density at radius 1 is 1.24 bits per heavy atom. The quantitative estimate of drug-likeness (QED) is 0.434. The molecule has 1 aliphatic rings. The highest BCUT2D eigenvalue weighted by Crippen LogP contribution is 2.28. The molecular weight excluding hydrogens is 419 g/mol. The van der Waals surface area contributed by atoms with Crippen LogP contribution >= 0.6 is 0 Å². The fourth-order valence-electron chi connectivity index (χ4n) is 3.19. The van der Waals surface area contributed by atoms with Gasteiger partial charge in [-0.15, -0.1) is 0 Å². The Labute approximate surface area is 164 Å².